The van der Waals surface area contributed by atoms with Gasteiger partial charge in [0, 0.05) is 5.41 Å². The van der Waals surface area contributed by atoms with Crippen LogP contribution in [0.3, 0.4) is 0 Å². The predicted molar refractivity (Wildman–Crippen MR) is 24.7 cm³/mol. The Morgan fingerprint density at radius 2 is 2.43 bits per heavy atom. The fourth-order valence-electron chi connectivity index (χ4n) is 0.514. The molecule has 7 heavy (non-hydrogen) atoms. The first-order valence-electron chi connectivity index (χ1n) is 2.44. The highest BCUT2D eigenvalue weighted by molar-refractivity contribution is 4.98. The SMILES string of the molecule is C[C@]1(CO)C[C@@H]1F. The monoisotopic (exact) mass is 104 g/mol. The lowest BCUT2D eigenvalue weighted by Crippen LogP contribution is -2.03. The number of aliphatic hydroxyl groups is 1. The molecule has 1 fully saturated rings. The van der Waals surface area contributed by atoms with Crippen molar-refractivity contribution in [2.45, 2.75) is 19.5 Å². The maximum absolute atomic E-state index is 12.0. The van der Waals surface area contributed by atoms with Crippen LogP contribution in [0.4, 0.5) is 4.39 Å². The first-order valence-corrected chi connectivity index (χ1v) is 2.44. The molecule has 0 aromatic heterocycles. The average Bonchev–Trinajstić information content (AvgIpc) is 2.18. The van der Waals surface area contributed by atoms with Gasteiger partial charge in [-0.05, 0) is 6.42 Å². The lowest BCUT2D eigenvalue weighted by Gasteiger charge is -1.97. The third kappa shape index (κ3) is 0.630. The van der Waals surface area contributed by atoms with E-state index in [2.05, 4.69) is 0 Å². The molecular formula is C5H9FO. The minimum atomic E-state index is -0.738. The van der Waals surface area contributed by atoms with Gasteiger partial charge in [-0.25, -0.2) is 4.39 Å². The van der Waals surface area contributed by atoms with E-state index in [1.165, 1.54) is 0 Å². The minimum absolute atomic E-state index is 0.00579. The summed E-state index contributed by atoms with van der Waals surface area (Å²) in [5, 5.41) is 8.40. The smallest absolute Gasteiger partial charge is 0.108 e. The van der Waals surface area contributed by atoms with E-state index in [9.17, 15) is 4.39 Å². The summed E-state index contributed by atoms with van der Waals surface area (Å²) in [5.74, 6) is 0. The van der Waals surface area contributed by atoms with Crippen LogP contribution in [0.25, 0.3) is 0 Å². The van der Waals surface area contributed by atoms with Crippen molar-refractivity contribution in [3.05, 3.63) is 0 Å². The molecule has 0 radical (unpaired) electrons. The highest BCUT2D eigenvalue weighted by Crippen LogP contribution is 2.47. The zero-order valence-corrected chi connectivity index (χ0v) is 4.32. The van der Waals surface area contributed by atoms with Gasteiger partial charge in [0.1, 0.15) is 6.17 Å². The zero-order valence-electron chi connectivity index (χ0n) is 4.32. The summed E-state index contributed by atoms with van der Waals surface area (Å²) in [6.45, 7) is 1.74. The molecule has 0 bridgehead atoms. The van der Waals surface area contributed by atoms with E-state index in [4.69, 9.17) is 5.11 Å². The largest absolute Gasteiger partial charge is 0.396 e. The maximum atomic E-state index is 12.0. The number of aliphatic hydroxyl groups excluding tert-OH is 1. The van der Waals surface area contributed by atoms with Gasteiger partial charge in [-0.15, -0.1) is 0 Å². The van der Waals surface area contributed by atoms with Gasteiger partial charge in [0.25, 0.3) is 0 Å². The van der Waals surface area contributed by atoms with E-state index in [1.807, 2.05) is 0 Å². The van der Waals surface area contributed by atoms with Crippen LogP contribution in [0, 0.1) is 5.41 Å². The Bertz CT molecular complexity index is 80.1. The van der Waals surface area contributed by atoms with Crippen LogP contribution < -0.4 is 0 Å². The summed E-state index contributed by atoms with van der Waals surface area (Å²) in [6.07, 6.45) is -0.193. The third-order valence-corrected chi connectivity index (χ3v) is 1.60. The number of alkyl halides is 1. The van der Waals surface area contributed by atoms with E-state index >= 15 is 0 Å². The summed E-state index contributed by atoms with van der Waals surface area (Å²) >= 11 is 0. The average molecular weight is 104 g/mol. The van der Waals surface area contributed by atoms with Gasteiger partial charge < -0.3 is 5.11 Å². The Morgan fingerprint density at radius 1 is 2.00 bits per heavy atom. The normalized spacial score (nSPS) is 49.3. The molecule has 0 amide bonds. The van der Waals surface area contributed by atoms with Crippen molar-refractivity contribution in [3.8, 4) is 0 Å². The van der Waals surface area contributed by atoms with Crippen LogP contribution in [0.1, 0.15) is 13.3 Å². The van der Waals surface area contributed by atoms with Crippen LogP contribution in [0.15, 0.2) is 0 Å². The van der Waals surface area contributed by atoms with E-state index in [0.717, 1.165) is 0 Å². The Labute approximate surface area is 42.2 Å². The summed E-state index contributed by atoms with van der Waals surface area (Å²) in [6, 6.07) is 0. The number of hydrogen-bond acceptors (Lipinski definition) is 1. The molecule has 0 aromatic rings. The van der Waals surface area contributed by atoms with Crippen molar-refractivity contribution < 1.29 is 9.50 Å². The molecule has 2 heteroatoms. The molecule has 0 unspecified atom stereocenters. The van der Waals surface area contributed by atoms with E-state index in [-0.39, 0.29) is 12.0 Å². The molecule has 0 spiro atoms. The molecule has 1 N–H and O–H groups in total. The van der Waals surface area contributed by atoms with Crippen molar-refractivity contribution in [3.63, 3.8) is 0 Å². The molecule has 0 heterocycles. The third-order valence-electron chi connectivity index (χ3n) is 1.60. The second-order valence-corrected chi connectivity index (χ2v) is 2.48. The highest BCUT2D eigenvalue weighted by Gasteiger charge is 2.50. The summed E-state index contributed by atoms with van der Waals surface area (Å²) in [4.78, 5) is 0. The van der Waals surface area contributed by atoms with Crippen molar-refractivity contribution in [1.82, 2.24) is 0 Å². The Morgan fingerprint density at radius 3 is 2.43 bits per heavy atom. The quantitative estimate of drug-likeness (QED) is 0.520. The predicted octanol–water partition coefficient (Wildman–Crippen LogP) is 0.727. The molecule has 1 rings (SSSR count). The van der Waals surface area contributed by atoms with Gasteiger partial charge in [-0.1, -0.05) is 6.92 Å². The Balaban J connectivity index is 2.36. The number of hydrogen-bond donors (Lipinski definition) is 1. The zero-order chi connectivity index (χ0) is 5.49. The van der Waals surface area contributed by atoms with Crippen LogP contribution >= 0.6 is 0 Å². The van der Waals surface area contributed by atoms with Crippen LogP contribution in [0.5, 0.6) is 0 Å². The lowest BCUT2D eigenvalue weighted by atomic mass is 10.2. The molecule has 1 saturated carbocycles. The van der Waals surface area contributed by atoms with Crippen molar-refractivity contribution in [1.29, 1.82) is 0 Å². The molecule has 1 aliphatic rings. The molecule has 0 aliphatic heterocycles. The summed E-state index contributed by atoms with van der Waals surface area (Å²) in [5.41, 5.74) is -0.361. The lowest BCUT2D eigenvalue weighted by molar-refractivity contribution is 0.199. The fourth-order valence-corrected chi connectivity index (χ4v) is 0.514. The minimum Gasteiger partial charge on any atom is -0.396 e. The van der Waals surface area contributed by atoms with Crippen LogP contribution in [-0.2, 0) is 0 Å². The number of rotatable bonds is 1. The molecule has 2 atom stereocenters. The fraction of sp³-hybridized carbons (Fsp3) is 1.00. The van der Waals surface area contributed by atoms with Gasteiger partial charge in [0.05, 0.1) is 6.61 Å². The second kappa shape index (κ2) is 1.19. The Hall–Kier alpha value is -0.110. The molecular weight excluding hydrogens is 95.1 g/mol. The van der Waals surface area contributed by atoms with Crippen LogP contribution in [-0.4, -0.2) is 17.9 Å². The second-order valence-electron chi connectivity index (χ2n) is 2.48. The first-order chi connectivity index (χ1) is 3.19. The molecule has 0 saturated heterocycles. The van der Waals surface area contributed by atoms with Gasteiger partial charge in [0.15, 0.2) is 0 Å². The van der Waals surface area contributed by atoms with Crippen molar-refractivity contribution in [2.24, 2.45) is 5.41 Å². The van der Waals surface area contributed by atoms with Crippen molar-refractivity contribution in [2.75, 3.05) is 6.61 Å². The van der Waals surface area contributed by atoms with Gasteiger partial charge >= 0.3 is 0 Å². The number of halogens is 1. The molecule has 42 valence electrons. The van der Waals surface area contributed by atoms with E-state index < -0.39 is 6.17 Å². The summed E-state index contributed by atoms with van der Waals surface area (Å²) < 4.78 is 12.0. The van der Waals surface area contributed by atoms with Crippen LogP contribution in [0.2, 0.25) is 0 Å². The molecule has 0 aromatic carbocycles. The molecule has 1 nitrogen and oxygen atoms in total. The highest BCUT2D eigenvalue weighted by atomic mass is 19.1. The van der Waals surface area contributed by atoms with E-state index in [1.54, 1.807) is 6.92 Å². The maximum Gasteiger partial charge on any atom is 0.108 e. The molecule has 1 aliphatic carbocycles. The standard InChI is InChI=1S/C5H9FO/c1-5(3-7)2-4(5)6/h4,7H,2-3H2,1H3/t4-,5+/m0/s1. The first kappa shape index (κ1) is 5.04. The Kier molecular flexibility index (Phi) is 0.854. The van der Waals surface area contributed by atoms with Crippen molar-refractivity contribution >= 4 is 0 Å². The van der Waals surface area contributed by atoms with Gasteiger partial charge in [-0.3, -0.25) is 0 Å². The van der Waals surface area contributed by atoms with Gasteiger partial charge in [0.2, 0.25) is 0 Å². The van der Waals surface area contributed by atoms with E-state index in [0.29, 0.717) is 6.42 Å². The summed E-state index contributed by atoms with van der Waals surface area (Å²) in [7, 11) is 0. The topological polar surface area (TPSA) is 20.2 Å². The van der Waals surface area contributed by atoms with Gasteiger partial charge in [-0.2, -0.15) is 0 Å².